The predicted octanol–water partition coefficient (Wildman–Crippen LogP) is 0.225. The maximum Gasteiger partial charge on any atom is 0.274 e. The van der Waals surface area contributed by atoms with Gasteiger partial charge in [-0.05, 0) is 26.0 Å². The Morgan fingerprint density at radius 2 is 1.89 bits per heavy atom. The second-order valence-electron chi connectivity index (χ2n) is 4.77. The van der Waals surface area contributed by atoms with Crippen molar-refractivity contribution in [3.63, 3.8) is 0 Å². The fourth-order valence-corrected chi connectivity index (χ4v) is 2.06. The van der Waals surface area contributed by atoms with Crippen molar-refractivity contribution in [1.29, 1.82) is 0 Å². The lowest BCUT2D eigenvalue weighted by molar-refractivity contribution is 0.0589. The van der Waals surface area contributed by atoms with E-state index < -0.39 is 0 Å². The maximum atomic E-state index is 12.2. The summed E-state index contributed by atoms with van der Waals surface area (Å²) in [6.07, 6.45) is 0. The van der Waals surface area contributed by atoms with Crippen molar-refractivity contribution in [2.45, 2.75) is 19.9 Å². The molecule has 98 valence electrons. The van der Waals surface area contributed by atoms with Gasteiger partial charge < -0.3 is 10.6 Å². The highest BCUT2D eigenvalue weighted by atomic mass is 16.2. The van der Waals surface area contributed by atoms with E-state index >= 15 is 0 Å². The van der Waals surface area contributed by atoms with E-state index in [1.54, 1.807) is 12.1 Å². The lowest BCUT2D eigenvalue weighted by Crippen LogP contribution is -2.50. The Labute approximate surface area is 107 Å². The van der Waals surface area contributed by atoms with Crippen LogP contribution in [0.4, 0.5) is 5.82 Å². The molecule has 0 spiro atoms. The molecule has 0 aromatic carbocycles. The van der Waals surface area contributed by atoms with Crippen molar-refractivity contribution in [1.82, 2.24) is 20.0 Å². The van der Waals surface area contributed by atoms with Gasteiger partial charge in [0.2, 0.25) is 0 Å². The minimum atomic E-state index is -0.0640. The third-order valence-corrected chi connectivity index (χ3v) is 3.24. The van der Waals surface area contributed by atoms with Crippen LogP contribution < -0.4 is 5.73 Å². The lowest BCUT2D eigenvalue weighted by atomic mass is 10.2. The highest BCUT2D eigenvalue weighted by molar-refractivity contribution is 5.92. The summed E-state index contributed by atoms with van der Waals surface area (Å²) in [5, 5.41) is 7.54. The zero-order valence-corrected chi connectivity index (χ0v) is 10.8. The molecule has 1 fully saturated rings. The Morgan fingerprint density at radius 1 is 1.22 bits per heavy atom. The molecule has 18 heavy (non-hydrogen) atoms. The summed E-state index contributed by atoms with van der Waals surface area (Å²) in [5.74, 6) is 0.266. The van der Waals surface area contributed by atoms with Crippen LogP contribution in [-0.2, 0) is 0 Å². The first kappa shape index (κ1) is 12.8. The number of nitrogens with two attached hydrogens (primary N) is 1. The van der Waals surface area contributed by atoms with Gasteiger partial charge in [-0.3, -0.25) is 9.69 Å². The van der Waals surface area contributed by atoms with Gasteiger partial charge >= 0.3 is 0 Å². The van der Waals surface area contributed by atoms with Crippen LogP contribution >= 0.6 is 0 Å². The quantitative estimate of drug-likeness (QED) is 0.811. The molecule has 0 saturated carbocycles. The van der Waals surface area contributed by atoms with Crippen molar-refractivity contribution in [2.75, 3.05) is 31.9 Å². The van der Waals surface area contributed by atoms with Crippen LogP contribution in [0.5, 0.6) is 0 Å². The Kier molecular flexibility index (Phi) is 3.76. The topological polar surface area (TPSA) is 75.3 Å². The number of hydrogen-bond donors (Lipinski definition) is 1. The molecule has 0 aliphatic carbocycles. The Balaban J connectivity index is 1.97. The molecule has 1 saturated heterocycles. The number of nitrogens with zero attached hydrogens (tertiary/aromatic N) is 4. The Hall–Kier alpha value is -1.69. The molecule has 1 aliphatic rings. The first-order chi connectivity index (χ1) is 8.58. The number of amides is 1. The molecule has 0 atom stereocenters. The highest BCUT2D eigenvalue weighted by Crippen LogP contribution is 2.09. The summed E-state index contributed by atoms with van der Waals surface area (Å²) >= 11 is 0. The largest absolute Gasteiger partial charge is 0.382 e. The molecule has 1 amide bonds. The third-order valence-electron chi connectivity index (χ3n) is 3.24. The van der Waals surface area contributed by atoms with E-state index in [2.05, 4.69) is 28.9 Å². The molecule has 1 aliphatic heterocycles. The minimum absolute atomic E-state index is 0.0640. The van der Waals surface area contributed by atoms with Gasteiger partial charge in [-0.25, -0.2) is 0 Å². The van der Waals surface area contributed by atoms with E-state index in [1.165, 1.54) is 0 Å². The van der Waals surface area contributed by atoms with Gasteiger partial charge in [0.25, 0.3) is 5.91 Å². The first-order valence-electron chi connectivity index (χ1n) is 6.20. The van der Waals surface area contributed by atoms with E-state index in [0.29, 0.717) is 17.6 Å². The van der Waals surface area contributed by atoms with Crippen molar-refractivity contribution in [2.24, 2.45) is 0 Å². The normalized spacial score (nSPS) is 17.2. The summed E-state index contributed by atoms with van der Waals surface area (Å²) in [6.45, 7) is 7.63. The van der Waals surface area contributed by atoms with Gasteiger partial charge in [-0.2, -0.15) is 0 Å². The van der Waals surface area contributed by atoms with E-state index in [-0.39, 0.29) is 5.91 Å². The fraction of sp³-hybridized carbons (Fsp3) is 0.583. The molecule has 0 unspecified atom stereocenters. The molecule has 2 rings (SSSR count). The van der Waals surface area contributed by atoms with Gasteiger partial charge in [-0.15, -0.1) is 10.2 Å². The predicted molar refractivity (Wildman–Crippen MR) is 69.1 cm³/mol. The van der Waals surface area contributed by atoms with Gasteiger partial charge in [-0.1, -0.05) is 0 Å². The highest BCUT2D eigenvalue weighted by Gasteiger charge is 2.24. The van der Waals surface area contributed by atoms with Crippen LogP contribution in [0, 0.1) is 0 Å². The second kappa shape index (κ2) is 5.30. The number of nitrogen functional groups attached to an aromatic ring is 1. The van der Waals surface area contributed by atoms with Gasteiger partial charge in [0.1, 0.15) is 5.82 Å². The number of piperazine rings is 1. The number of aromatic nitrogens is 2. The lowest BCUT2D eigenvalue weighted by Gasteiger charge is -2.36. The monoisotopic (exact) mass is 249 g/mol. The molecule has 1 aromatic rings. The van der Waals surface area contributed by atoms with Gasteiger partial charge in [0.15, 0.2) is 5.69 Å². The van der Waals surface area contributed by atoms with Crippen LogP contribution in [-0.4, -0.2) is 58.1 Å². The van der Waals surface area contributed by atoms with Crippen molar-refractivity contribution < 1.29 is 4.79 Å². The van der Waals surface area contributed by atoms with Crippen LogP contribution in [0.2, 0.25) is 0 Å². The second-order valence-corrected chi connectivity index (χ2v) is 4.77. The maximum absolute atomic E-state index is 12.2. The summed E-state index contributed by atoms with van der Waals surface area (Å²) in [4.78, 5) is 16.3. The van der Waals surface area contributed by atoms with Crippen LogP contribution in [0.3, 0.4) is 0 Å². The van der Waals surface area contributed by atoms with E-state index in [9.17, 15) is 4.79 Å². The van der Waals surface area contributed by atoms with E-state index in [4.69, 9.17) is 5.73 Å². The molecular formula is C12H19N5O. The number of hydrogen-bond acceptors (Lipinski definition) is 5. The summed E-state index contributed by atoms with van der Waals surface area (Å²) in [6, 6.07) is 3.75. The van der Waals surface area contributed by atoms with E-state index in [1.807, 2.05) is 4.90 Å². The summed E-state index contributed by atoms with van der Waals surface area (Å²) < 4.78 is 0. The molecule has 0 bridgehead atoms. The molecule has 2 N–H and O–H groups in total. The van der Waals surface area contributed by atoms with Crippen LogP contribution in [0.1, 0.15) is 24.3 Å². The van der Waals surface area contributed by atoms with Crippen LogP contribution in [0.25, 0.3) is 0 Å². The van der Waals surface area contributed by atoms with Crippen molar-refractivity contribution in [3.05, 3.63) is 17.8 Å². The number of rotatable bonds is 2. The smallest absolute Gasteiger partial charge is 0.274 e. The molecular weight excluding hydrogens is 230 g/mol. The third kappa shape index (κ3) is 2.76. The van der Waals surface area contributed by atoms with Crippen molar-refractivity contribution in [3.8, 4) is 0 Å². The zero-order chi connectivity index (χ0) is 13.1. The average Bonchev–Trinajstić information content (AvgIpc) is 2.39. The molecule has 6 heteroatoms. The summed E-state index contributed by atoms with van der Waals surface area (Å²) in [7, 11) is 0. The standard InChI is InChI=1S/C12H19N5O/c1-9(2)16-5-7-17(8-6-16)12(18)10-3-4-11(13)15-14-10/h3-4,9H,5-8H2,1-2H3,(H2,13,15). The Bertz CT molecular complexity index is 409. The zero-order valence-electron chi connectivity index (χ0n) is 10.8. The molecule has 1 aromatic heterocycles. The molecule has 6 nitrogen and oxygen atoms in total. The number of carbonyl (C=O) groups excluding carboxylic acids is 1. The fourth-order valence-electron chi connectivity index (χ4n) is 2.06. The average molecular weight is 249 g/mol. The van der Waals surface area contributed by atoms with Crippen molar-refractivity contribution >= 4 is 11.7 Å². The molecule has 0 radical (unpaired) electrons. The van der Waals surface area contributed by atoms with Gasteiger partial charge in [0.05, 0.1) is 0 Å². The van der Waals surface area contributed by atoms with Crippen LogP contribution in [0.15, 0.2) is 12.1 Å². The minimum Gasteiger partial charge on any atom is -0.382 e. The summed E-state index contributed by atoms with van der Waals surface area (Å²) in [5.41, 5.74) is 5.81. The van der Waals surface area contributed by atoms with Gasteiger partial charge in [0, 0.05) is 32.2 Å². The SMILES string of the molecule is CC(C)N1CCN(C(=O)c2ccc(N)nn2)CC1. The molecule has 2 heterocycles. The first-order valence-corrected chi connectivity index (χ1v) is 6.20. The number of carbonyl (C=O) groups is 1. The number of anilines is 1. The Morgan fingerprint density at radius 3 is 2.39 bits per heavy atom. The van der Waals surface area contributed by atoms with E-state index in [0.717, 1.165) is 26.2 Å².